The third-order valence-electron chi connectivity index (χ3n) is 5.29. The SMILES string of the molecule is COc1ccc(F)cc1C(=O)N1CCC(c2nccn2CCCN(C)C)CC1. The second-order valence-corrected chi connectivity index (χ2v) is 7.55. The highest BCUT2D eigenvalue weighted by molar-refractivity contribution is 5.97. The van der Waals surface area contributed by atoms with Crippen LogP contribution in [0.5, 0.6) is 5.75 Å². The Bertz CT molecular complexity index is 797. The van der Waals surface area contributed by atoms with Crippen LogP contribution in [0.25, 0.3) is 0 Å². The molecule has 2 aromatic rings. The minimum absolute atomic E-state index is 0.177. The summed E-state index contributed by atoms with van der Waals surface area (Å²) < 4.78 is 21.1. The van der Waals surface area contributed by atoms with Crippen molar-refractivity contribution in [3.05, 3.63) is 47.8 Å². The Morgan fingerprint density at radius 1 is 1.32 bits per heavy atom. The number of rotatable bonds is 7. The maximum Gasteiger partial charge on any atom is 0.257 e. The van der Waals surface area contributed by atoms with E-state index in [-0.39, 0.29) is 11.5 Å². The van der Waals surface area contributed by atoms with Crippen LogP contribution in [0.15, 0.2) is 30.6 Å². The van der Waals surface area contributed by atoms with Crippen LogP contribution < -0.4 is 4.74 Å². The van der Waals surface area contributed by atoms with Crippen molar-refractivity contribution < 1.29 is 13.9 Å². The lowest BCUT2D eigenvalue weighted by Crippen LogP contribution is -2.38. The third kappa shape index (κ3) is 4.70. The predicted molar refractivity (Wildman–Crippen MR) is 106 cm³/mol. The minimum Gasteiger partial charge on any atom is -0.496 e. The maximum absolute atomic E-state index is 13.6. The number of aromatic nitrogens is 2. The van der Waals surface area contributed by atoms with Gasteiger partial charge in [-0.05, 0) is 58.1 Å². The molecule has 0 radical (unpaired) electrons. The number of benzene rings is 1. The van der Waals surface area contributed by atoms with Crippen molar-refractivity contribution in [2.45, 2.75) is 31.7 Å². The van der Waals surface area contributed by atoms with Gasteiger partial charge in [-0.15, -0.1) is 0 Å². The highest BCUT2D eigenvalue weighted by atomic mass is 19.1. The molecular weight excluding hydrogens is 359 g/mol. The van der Waals surface area contributed by atoms with Crippen molar-refractivity contribution in [3.63, 3.8) is 0 Å². The maximum atomic E-state index is 13.6. The molecule has 0 aliphatic carbocycles. The van der Waals surface area contributed by atoms with Gasteiger partial charge in [0, 0.05) is 37.9 Å². The van der Waals surface area contributed by atoms with E-state index in [2.05, 4.69) is 28.5 Å². The second kappa shape index (κ2) is 9.19. The van der Waals surface area contributed by atoms with Gasteiger partial charge in [0.25, 0.3) is 5.91 Å². The molecule has 1 fully saturated rings. The van der Waals surface area contributed by atoms with Crippen LogP contribution in [0, 0.1) is 5.82 Å². The zero-order valence-electron chi connectivity index (χ0n) is 16.9. The van der Waals surface area contributed by atoms with E-state index in [9.17, 15) is 9.18 Å². The normalized spacial score (nSPS) is 15.2. The Kier molecular flexibility index (Phi) is 6.67. The van der Waals surface area contributed by atoms with Crippen molar-refractivity contribution in [3.8, 4) is 5.75 Å². The zero-order chi connectivity index (χ0) is 20.1. The van der Waals surface area contributed by atoms with Crippen molar-refractivity contribution in [1.29, 1.82) is 0 Å². The second-order valence-electron chi connectivity index (χ2n) is 7.55. The molecule has 6 nitrogen and oxygen atoms in total. The van der Waals surface area contributed by atoms with E-state index < -0.39 is 5.82 Å². The summed E-state index contributed by atoms with van der Waals surface area (Å²) >= 11 is 0. The van der Waals surface area contributed by atoms with Gasteiger partial charge in [0.2, 0.25) is 0 Å². The fraction of sp³-hybridized carbons (Fsp3) is 0.524. The van der Waals surface area contributed by atoms with Crippen molar-refractivity contribution in [1.82, 2.24) is 19.4 Å². The summed E-state index contributed by atoms with van der Waals surface area (Å²) in [7, 11) is 5.65. The number of hydrogen-bond donors (Lipinski definition) is 0. The van der Waals surface area contributed by atoms with Gasteiger partial charge >= 0.3 is 0 Å². The number of amides is 1. The van der Waals surface area contributed by atoms with E-state index in [1.807, 2.05) is 12.4 Å². The molecule has 0 N–H and O–H groups in total. The molecule has 2 heterocycles. The van der Waals surface area contributed by atoms with Crippen molar-refractivity contribution >= 4 is 5.91 Å². The van der Waals surface area contributed by atoms with E-state index >= 15 is 0 Å². The Labute approximate surface area is 165 Å². The summed E-state index contributed by atoms with van der Waals surface area (Å²) in [6, 6.07) is 4.06. The number of hydrogen-bond acceptors (Lipinski definition) is 4. The van der Waals surface area contributed by atoms with E-state index in [0.717, 1.165) is 38.2 Å². The van der Waals surface area contributed by atoms with Gasteiger partial charge in [-0.25, -0.2) is 9.37 Å². The topological polar surface area (TPSA) is 50.6 Å². The first-order valence-electron chi connectivity index (χ1n) is 9.78. The Morgan fingerprint density at radius 3 is 2.75 bits per heavy atom. The Morgan fingerprint density at radius 2 is 2.07 bits per heavy atom. The minimum atomic E-state index is -0.432. The number of likely N-dealkylation sites (tertiary alicyclic amines) is 1. The molecule has 28 heavy (non-hydrogen) atoms. The molecule has 0 saturated carbocycles. The number of carbonyl (C=O) groups excluding carboxylic acids is 1. The number of imidazole rings is 1. The lowest BCUT2D eigenvalue weighted by molar-refractivity contribution is 0.0706. The van der Waals surface area contributed by atoms with Gasteiger partial charge in [0.1, 0.15) is 17.4 Å². The summed E-state index contributed by atoms with van der Waals surface area (Å²) in [6.45, 7) is 3.26. The fourth-order valence-electron chi connectivity index (χ4n) is 3.79. The van der Waals surface area contributed by atoms with Crippen LogP contribution in [-0.4, -0.2) is 66.1 Å². The molecule has 7 heteroatoms. The standard InChI is InChI=1S/C21H29FN4O2/c1-24(2)10-4-11-25-14-9-23-20(25)16-7-12-26(13-8-16)21(27)18-15-17(22)5-6-19(18)28-3/h5-6,9,14-16H,4,7-8,10-13H2,1-3H3. The summed E-state index contributed by atoms with van der Waals surface area (Å²) in [5.74, 6) is 1.25. The molecule has 0 unspecified atom stereocenters. The van der Waals surface area contributed by atoms with Crippen LogP contribution in [0.4, 0.5) is 4.39 Å². The van der Waals surface area contributed by atoms with E-state index in [4.69, 9.17) is 4.74 Å². The number of piperidine rings is 1. The quantitative estimate of drug-likeness (QED) is 0.732. The number of ether oxygens (including phenoxy) is 1. The average Bonchev–Trinajstić information content (AvgIpc) is 3.15. The van der Waals surface area contributed by atoms with Crippen LogP contribution in [0.3, 0.4) is 0 Å². The van der Waals surface area contributed by atoms with E-state index in [1.54, 1.807) is 4.90 Å². The van der Waals surface area contributed by atoms with Crippen LogP contribution in [0.1, 0.15) is 41.4 Å². The van der Waals surface area contributed by atoms with Gasteiger partial charge in [0.15, 0.2) is 0 Å². The highest BCUT2D eigenvalue weighted by Crippen LogP contribution is 2.29. The zero-order valence-corrected chi connectivity index (χ0v) is 16.9. The number of halogens is 1. The number of nitrogens with zero attached hydrogens (tertiary/aromatic N) is 4. The lowest BCUT2D eigenvalue weighted by atomic mass is 9.95. The van der Waals surface area contributed by atoms with Crippen LogP contribution in [-0.2, 0) is 6.54 Å². The van der Waals surface area contributed by atoms with Gasteiger partial charge in [-0.3, -0.25) is 4.79 Å². The molecule has 1 aliphatic rings. The summed E-state index contributed by atoms with van der Waals surface area (Å²) in [4.78, 5) is 21.4. The molecular formula is C21H29FN4O2. The monoisotopic (exact) mass is 388 g/mol. The van der Waals surface area contributed by atoms with Gasteiger partial charge < -0.3 is 19.1 Å². The smallest absolute Gasteiger partial charge is 0.257 e. The first-order chi connectivity index (χ1) is 13.5. The number of carbonyl (C=O) groups is 1. The van der Waals surface area contributed by atoms with Crippen molar-refractivity contribution in [2.24, 2.45) is 0 Å². The molecule has 1 saturated heterocycles. The molecule has 1 aromatic heterocycles. The average molecular weight is 388 g/mol. The Balaban J connectivity index is 1.62. The predicted octanol–water partition coefficient (Wildman–Crippen LogP) is 3.00. The van der Waals surface area contributed by atoms with Crippen LogP contribution >= 0.6 is 0 Å². The number of aryl methyl sites for hydroxylation is 1. The Hall–Kier alpha value is -2.41. The third-order valence-corrected chi connectivity index (χ3v) is 5.29. The molecule has 152 valence electrons. The van der Waals surface area contributed by atoms with Gasteiger partial charge in [-0.2, -0.15) is 0 Å². The molecule has 1 amide bonds. The molecule has 1 aromatic carbocycles. The summed E-state index contributed by atoms with van der Waals surface area (Å²) in [6.07, 6.45) is 6.69. The lowest BCUT2D eigenvalue weighted by Gasteiger charge is -2.32. The fourth-order valence-corrected chi connectivity index (χ4v) is 3.79. The summed E-state index contributed by atoms with van der Waals surface area (Å²) in [5.41, 5.74) is 0.283. The number of methoxy groups -OCH3 is 1. The molecule has 3 rings (SSSR count). The highest BCUT2D eigenvalue weighted by Gasteiger charge is 2.28. The molecule has 1 aliphatic heterocycles. The molecule has 0 bridgehead atoms. The van der Waals surface area contributed by atoms with E-state index in [0.29, 0.717) is 24.8 Å². The van der Waals surface area contributed by atoms with E-state index in [1.165, 1.54) is 25.3 Å². The van der Waals surface area contributed by atoms with Gasteiger partial charge in [0.05, 0.1) is 12.7 Å². The molecule has 0 atom stereocenters. The van der Waals surface area contributed by atoms with Crippen LogP contribution in [0.2, 0.25) is 0 Å². The first kappa shape index (κ1) is 20.3. The van der Waals surface area contributed by atoms with Crippen molar-refractivity contribution in [2.75, 3.05) is 40.8 Å². The first-order valence-corrected chi connectivity index (χ1v) is 9.78. The summed E-state index contributed by atoms with van der Waals surface area (Å²) in [5, 5.41) is 0. The largest absolute Gasteiger partial charge is 0.496 e. The molecule has 0 spiro atoms. The van der Waals surface area contributed by atoms with Gasteiger partial charge in [-0.1, -0.05) is 0 Å².